The van der Waals surface area contributed by atoms with Crippen molar-refractivity contribution in [3.63, 3.8) is 0 Å². The maximum Gasteiger partial charge on any atom is 0.272 e. The number of carbonyl (C=O) groups is 1. The third-order valence-corrected chi connectivity index (χ3v) is 3.51. The second-order valence-corrected chi connectivity index (χ2v) is 5.43. The quantitative estimate of drug-likeness (QED) is 0.602. The molecule has 0 saturated carbocycles. The number of amides is 1. The molecule has 2 aromatic rings. The van der Waals surface area contributed by atoms with E-state index >= 15 is 0 Å². The van der Waals surface area contributed by atoms with E-state index in [2.05, 4.69) is 31.4 Å². The second kappa shape index (κ2) is 8.30. The van der Waals surface area contributed by atoms with Crippen LogP contribution in [0.15, 0.2) is 40.2 Å². The summed E-state index contributed by atoms with van der Waals surface area (Å²) in [4.78, 5) is 15.9. The van der Waals surface area contributed by atoms with Gasteiger partial charge in [-0.15, -0.1) is 0 Å². The fourth-order valence-corrected chi connectivity index (χ4v) is 2.35. The molecular weight excluding hydrogens is 378 g/mol. The monoisotopic (exact) mass is 393 g/mol. The van der Waals surface area contributed by atoms with Crippen LogP contribution in [0, 0.1) is 0 Å². The highest BCUT2D eigenvalue weighted by Gasteiger charge is 2.14. The van der Waals surface area contributed by atoms with Crippen LogP contribution in [-0.4, -0.2) is 38.4 Å². The molecule has 0 unspecified atom stereocenters. The fraction of sp³-hybridized carbons (Fsp3) is 0.188. The minimum Gasteiger partial charge on any atom is -0.493 e. The summed E-state index contributed by atoms with van der Waals surface area (Å²) in [6.45, 7) is 0. The lowest BCUT2D eigenvalue weighted by Gasteiger charge is -2.13. The van der Waals surface area contributed by atoms with E-state index in [4.69, 9.17) is 14.2 Å². The van der Waals surface area contributed by atoms with E-state index in [9.17, 15) is 4.79 Å². The number of rotatable bonds is 6. The lowest BCUT2D eigenvalue weighted by molar-refractivity contribution is 0.0954. The van der Waals surface area contributed by atoms with Gasteiger partial charge in [-0.05, 0) is 34.1 Å². The van der Waals surface area contributed by atoms with Gasteiger partial charge in [0.2, 0.25) is 5.75 Å². The third-order valence-electron chi connectivity index (χ3n) is 3.07. The number of nitrogens with zero attached hydrogens (tertiary/aromatic N) is 2. The van der Waals surface area contributed by atoms with Crippen molar-refractivity contribution in [2.75, 3.05) is 21.3 Å². The van der Waals surface area contributed by atoms with Crippen LogP contribution in [-0.2, 0) is 0 Å². The summed E-state index contributed by atoms with van der Waals surface area (Å²) in [6.07, 6.45) is 4.51. The van der Waals surface area contributed by atoms with Gasteiger partial charge in [-0.2, -0.15) is 5.10 Å². The zero-order valence-electron chi connectivity index (χ0n) is 13.4. The second-order valence-electron chi connectivity index (χ2n) is 4.51. The summed E-state index contributed by atoms with van der Waals surface area (Å²) in [6, 6.07) is 5.12. The van der Waals surface area contributed by atoms with Crippen molar-refractivity contribution in [1.29, 1.82) is 0 Å². The molecule has 0 fully saturated rings. The van der Waals surface area contributed by atoms with Crippen LogP contribution < -0.4 is 19.6 Å². The molecule has 0 saturated heterocycles. The Kier molecular flexibility index (Phi) is 6.14. The highest BCUT2D eigenvalue weighted by molar-refractivity contribution is 9.10. The summed E-state index contributed by atoms with van der Waals surface area (Å²) in [5, 5.41) is 3.94. The van der Waals surface area contributed by atoms with Gasteiger partial charge < -0.3 is 14.2 Å². The van der Waals surface area contributed by atoms with Gasteiger partial charge in [-0.3, -0.25) is 9.78 Å². The van der Waals surface area contributed by atoms with Crippen LogP contribution in [0.5, 0.6) is 17.2 Å². The van der Waals surface area contributed by atoms with E-state index in [1.165, 1.54) is 33.7 Å². The number of halogens is 1. The lowest BCUT2D eigenvalue weighted by atomic mass is 10.2. The summed E-state index contributed by atoms with van der Waals surface area (Å²) in [7, 11) is 4.57. The number of hydrazone groups is 1. The normalized spacial score (nSPS) is 10.5. The standard InChI is InChI=1S/C16H16BrN3O4/c1-22-13-5-4-10(14(23-2)15(13)24-3)8-19-20-16(21)11-6-12(17)9-18-7-11/h4-9H,1-3H3,(H,20,21). The molecule has 1 amide bonds. The molecule has 0 spiro atoms. The van der Waals surface area contributed by atoms with E-state index in [1.807, 2.05) is 0 Å². The highest BCUT2D eigenvalue weighted by Crippen LogP contribution is 2.38. The Bertz CT molecular complexity index is 765. The Morgan fingerprint density at radius 3 is 2.54 bits per heavy atom. The minimum absolute atomic E-state index is 0.375. The van der Waals surface area contributed by atoms with E-state index in [-0.39, 0.29) is 5.91 Å². The first-order chi connectivity index (χ1) is 11.6. The van der Waals surface area contributed by atoms with Crippen LogP contribution in [0.25, 0.3) is 0 Å². The molecule has 126 valence electrons. The minimum atomic E-state index is -0.375. The van der Waals surface area contributed by atoms with E-state index in [1.54, 1.807) is 24.4 Å². The van der Waals surface area contributed by atoms with Gasteiger partial charge >= 0.3 is 0 Å². The van der Waals surface area contributed by atoms with Crippen LogP contribution >= 0.6 is 15.9 Å². The largest absolute Gasteiger partial charge is 0.493 e. The lowest BCUT2D eigenvalue weighted by Crippen LogP contribution is -2.17. The van der Waals surface area contributed by atoms with E-state index < -0.39 is 0 Å². The summed E-state index contributed by atoms with van der Waals surface area (Å²) < 4.78 is 16.6. The molecule has 7 nitrogen and oxygen atoms in total. The smallest absolute Gasteiger partial charge is 0.272 e. The third kappa shape index (κ3) is 4.02. The molecule has 0 aliphatic heterocycles. The van der Waals surface area contributed by atoms with Crippen molar-refractivity contribution in [2.45, 2.75) is 0 Å². The molecule has 0 bridgehead atoms. The Hall–Kier alpha value is -2.61. The van der Waals surface area contributed by atoms with Crippen molar-refractivity contribution in [3.8, 4) is 17.2 Å². The molecule has 1 heterocycles. The number of carbonyl (C=O) groups excluding carboxylic acids is 1. The van der Waals surface area contributed by atoms with Gasteiger partial charge in [0.05, 0.1) is 33.1 Å². The number of pyridine rings is 1. The number of hydrogen-bond acceptors (Lipinski definition) is 6. The molecule has 0 radical (unpaired) electrons. The number of aromatic nitrogens is 1. The van der Waals surface area contributed by atoms with Gasteiger partial charge in [0.1, 0.15) is 0 Å². The van der Waals surface area contributed by atoms with E-state index in [0.717, 1.165) is 0 Å². The summed E-state index contributed by atoms with van der Waals surface area (Å²) in [5.74, 6) is 1.07. The van der Waals surface area contributed by atoms with Crippen molar-refractivity contribution in [3.05, 3.63) is 46.2 Å². The fourth-order valence-electron chi connectivity index (χ4n) is 1.99. The maximum atomic E-state index is 12.0. The van der Waals surface area contributed by atoms with Gasteiger partial charge in [0.25, 0.3) is 5.91 Å². The van der Waals surface area contributed by atoms with Crippen molar-refractivity contribution < 1.29 is 19.0 Å². The van der Waals surface area contributed by atoms with Gasteiger partial charge in [-0.25, -0.2) is 5.43 Å². The number of methoxy groups -OCH3 is 3. The Morgan fingerprint density at radius 1 is 1.17 bits per heavy atom. The molecule has 0 aliphatic carbocycles. The van der Waals surface area contributed by atoms with Crippen LogP contribution in [0.3, 0.4) is 0 Å². The van der Waals surface area contributed by atoms with Crippen molar-refractivity contribution in [2.24, 2.45) is 5.10 Å². The Morgan fingerprint density at radius 2 is 1.92 bits per heavy atom. The molecule has 1 aromatic heterocycles. The Labute approximate surface area is 147 Å². The molecule has 1 aromatic carbocycles. The average Bonchev–Trinajstić information content (AvgIpc) is 2.60. The highest BCUT2D eigenvalue weighted by atomic mass is 79.9. The predicted molar refractivity (Wildman–Crippen MR) is 93.1 cm³/mol. The predicted octanol–water partition coefficient (Wildman–Crippen LogP) is 2.63. The number of nitrogens with one attached hydrogen (secondary N) is 1. The first kappa shape index (κ1) is 17.7. The first-order valence-corrected chi connectivity index (χ1v) is 7.63. The maximum absolute atomic E-state index is 12.0. The van der Waals surface area contributed by atoms with Crippen molar-refractivity contribution in [1.82, 2.24) is 10.4 Å². The molecule has 24 heavy (non-hydrogen) atoms. The summed E-state index contributed by atoms with van der Waals surface area (Å²) in [5.41, 5.74) is 3.45. The number of hydrogen-bond donors (Lipinski definition) is 1. The van der Waals surface area contributed by atoms with Crippen LogP contribution in [0.2, 0.25) is 0 Å². The van der Waals surface area contributed by atoms with Crippen LogP contribution in [0.4, 0.5) is 0 Å². The topological polar surface area (TPSA) is 82.0 Å². The van der Waals surface area contributed by atoms with E-state index in [0.29, 0.717) is 32.8 Å². The zero-order chi connectivity index (χ0) is 17.5. The molecule has 8 heteroatoms. The molecule has 1 N–H and O–H groups in total. The van der Waals surface area contributed by atoms with Crippen molar-refractivity contribution >= 4 is 28.1 Å². The number of benzene rings is 1. The first-order valence-electron chi connectivity index (χ1n) is 6.83. The zero-order valence-corrected chi connectivity index (χ0v) is 15.0. The number of ether oxygens (including phenoxy) is 3. The average molecular weight is 394 g/mol. The molecule has 2 rings (SSSR count). The molecule has 0 atom stereocenters. The SMILES string of the molecule is COc1ccc(C=NNC(=O)c2cncc(Br)c2)c(OC)c1OC. The van der Waals surface area contributed by atoms with Gasteiger partial charge in [0, 0.05) is 22.4 Å². The van der Waals surface area contributed by atoms with Crippen LogP contribution in [0.1, 0.15) is 15.9 Å². The van der Waals surface area contributed by atoms with Gasteiger partial charge in [0.15, 0.2) is 11.5 Å². The molecule has 0 aliphatic rings. The van der Waals surface area contributed by atoms with Gasteiger partial charge in [-0.1, -0.05) is 0 Å². The molecular formula is C16H16BrN3O4. The summed E-state index contributed by atoms with van der Waals surface area (Å²) >= 11 is 3.26. The Balaban J connectivity index is 2.18.